The van der Waals surface area contributed by atoms with Gasteiger partial charge in [0.1, 0.15) is 10.7 Å². The fraction of sp³-hybridized carbons (Fsp3) is 0.545. The van der Waals surface area contributed by atoms with Crippen LogP contribution in [0, 0.1) is 0 Å². The van der Waals surface area contributed by atoms with Crippen molar-refractivity contribution >= 4 is 23.2 Å². The minimum atomic E-state index is -0.364. The Bertz CT molecular complexity index is 428. The third-order valence-electron chi connectivity index (χ3n) is 2.00. The normalized spacial score (nSPS) is 12.3. The maximum atomic E-state index is 11.7. The van der Waals surface area contributed by atoms with Gasteiger partial charge in [0.2, 0.25) is 5.91 Å². The summed E-state index contributed by atoms with van der Waals surface area (Å²) in [5.41, 5.74) is 5.95. The van der Waals surface area contributed by atoms with Gasteiger partial charge in [-0.05, 0) is 20.8 Å². The van der Waals surface area contributed by atoms with E-state index in [1.807, 2.05) is 13.8 Å². The fourth-order valence-electron chi connectivity index (χ4n) is 1.23. The molecule has 0 fully saturated rings. The highest BCUT2D eigenvalue weighted by Crippen LogP contribution is 2.15. The van der Waals surface area contributed by atoms with E-state index in [4.69, 9.17) is 5.73 Å². The summed E-state index contributed by atoms with van der Waals surface area (Å²) in [7, 11) is 0. The van der Waals surface area contributed by atoms with Gasteiger partial charge in [-0.15, -0.1) is 11.3 Å². The van der Waals surface area contributed by atoms with Gasteiger partial charge >= 0.3 is 0 Å². The molecule has 0 spiro atoms. The Labute approximate surface area is 110 Å². The lowest BCUT2D eigenvalue weighted by molar-refractivity contribution is -0.120. The molecule has 7 heteroatoms. The quantitative estimate of drug-likeness (QED) is 0.722. The van der Waals surface area contributed by atoms with E-state index in [1.165, 1.54) is 11.3 Å². The number of hydrogen-bond donors (Lipinski definition) is 3. The van der Waals surface area contributed by atoms with Gasteiger partial charge in [0.25, 0.3) is 5.91 Å². The van der Waals surface area contributed by atoms with Crippen molar-refractivity contribution in [3.63, 3.8) is 0 Å². The first-order valence-electron chi connectivity index (χ1n) is 5.68. The predicted molar refractivity (Wildman–Crippen MR) is 70.3 cm³/mol. The summed E-state index contributed by atoms with van der Waals surface area (Å²) < 4.78 is 0. The maximum Gasteiger partial charge on any atom is 0.271 e. The monoisotopic (exact) mass is 270 g/mol. The SMILES string of the molecule is CC(C)NC(=O)CNC(=O)c1csc(C(C)N)n1. The second kappa shape index (κ2) is 6.46. The first-order chi connectivity index (χ1) is 8.40. The Kier molecular flexibility index (Phi) is 5.24. The van der Waals surface area contributed by atoms with Crippen LogP contribution in [0.25, 0.3) is 0 Å². The van der Waals surface area contributed by atoms with E-state index in [-0.39, 0.29) is 30.4 Å². The molecule has 0 radical (unpaired) electrons. The molecular weight excluding hydrogens is 252 g/mol. The molecule has 18 heavy (non-hydrogen) atoms. The lowest BCUT2D eigenvalue weighted by Crippen LogP contribution is -2.39. The molecule has 0 bridgehead atoms. The van der Waals surface area contributed by atoms with Crippen molar-refractivity contribution in [3.05, 3.63) is 16.1 Å². The van der Waals surface area contributed by atoms with Crippen molar-refractivity contribution in [2.45, 2.75) is 32.9 Å². The highest BCUT2D eigenvalue weighted by atomic mass is 32.1. The molecule has 0 saturated heterocycles. The predicted octanol–water partition coefficient (Wildman–Crippen LogP) is 0.417. The van der Waals surface area contributed by atoms with E-state index in [0.717, 1.165) is 0 Å². The van der Waals surface area contributed by atoms with Crippen LogP contribution in [-0.2, 0) is 4.79 Å². The molecule has 1 aromatic heterocycles. The number of nitrogens with two attached hydrogens (primary N) is 1. The first-order valence-corrected chi connectivity index (χ1v) is 6.56. The van der Waals surface area contributed by atoms with E-state index in [0.29, 0.717) is 10.7 Å². The number of rotatable bonds is 5. The number of carbonyl (C=O) groups is 2. The lowest BCUT2D eigenvalue weighted by Gasteiger charge is -2.08. The van der Waals surface area contributed by atoms with E-state index >= 15 is 0 Å². The standard InChI is InChI=1S/C11H18N4O2S/c1-6(2)14-9(16)4-13-10(17)8-5-18-11(15-8)7(3)12/h5-7H,4,12H2,1-3H3,(H,13,17)(H,14,16). The summed E-state index contributed by atoms with van der Waals surface area (Å²) in [6.07, 6.45) is 0. The number of amides is 2. The molecule has 0 aliphatic rings. The molecule has 0 saturated carbocycles. The van der Waals surface area contributed by atoms with Gasteiger partial charge in [0.05, 0.1) is 12.6 Å². The molecule has 0 aromatic carbocycles. The van der Waals surface area contributed by atoms with Crippen molar-refractivity contribution in [1.29, 1.82) is 0 Å². The zero-order valence-corrected chi connectivity index (χ0v) is 11.5. The number of aromatic nitrogens is 1. The first kappa shape index (κ1) is 14.6. The maximum absolute atomic E-state index is 11.7. The summed E-state index contributed by atoms with van der Waals surface area (Å²) in [6, 6.07) is -0.140. The minimum Gasteiger partial charge on any atom is -0.352 e. The average Bonchev–Trinajstić information content (AvgIpc) is 2.74. The second-order valence-electron chi connectivity index (χ2n) is 4.26. The van der Waals surface area contributed by atoms with Crippen LogP contribution >= 0.6 is 11.3 Å². The van der Waals surface area contributed by atoms with Crippen molar-refractivity contribution < 1.29 is 9.59 Å². The van der Waals surface area contributed by atoms with Crippen molar-refractivity contribution in [3.8, 4) is 0 Å². The van der Waals surface area contributed by atoms with Gasteiger partial charge in [0, 0.05) is 11.4 Å². The highest BCUT2D eigenvalue weighted by molar-refractivity contribution is 7.09. The second-order valence-corrected chi connectivity index (χ2v) is 5.15. The van der Waals surface area contributed by atoms with Crippen molar-refractivity contribution in [1.82, 2.24) is 15.6 Å². The molecule has 6 nitrogen and oxygen atoms in total. The van der Waals surface area contributed by atoms with Gasteiger partial charge in [0.15, 0.2) is 0 Å². The van der Waals surface area contributed by atoms with Gasteiger partial charge in [-0.2, -0.15) is 0 Å². The molecule has 1 atom stereocenters. The average molecular weight is 270 g/mol. The molecule has 4 N–H and O–H groups in total. The summed E-state index contributed by atoms with van der Waals surface area (Å²) in [5.74, 6) is -0.585. The fourth-order valence-corrected chi connectivity index (χ4v) is 1.98. The van der Waals surface area contributed by atoms with Gasteiger partial charge in [-0.1, -0.05) is 0 Å². The summed E-state index contributed by atoms with van der Waals surface area (Å²) in [4.78, 5) is 27.1. The van der Waals surface area contributed by atoms with Crippen LogP contribution in [-0.4, -0.2) is 29.4 Å². The lowest BCUT2D eigenvalue weighted by atomic mass is 10.3. The van der Waals surface area contributed by atoms with Gasteiger partial charge in [-0.25, -0.2) is 4.98 Å². The molecular formula is C11H18N4O2S. The largest absolute Gasteiger partial charge is 0.352 e. The van der Waals surface area contributed by atoms with E-state index in [9.17, 15) is 9.59 Å². The minimum absolute atomic E-state index is 0.0535. The van der Waals surface area contributed by atoms with Gasteiger partial charge in [-0.3, -0.25) is 9.59 Å². The highest BCUT2D eigenvalue weighted by Gasteiger charge is 2.13. The smallest absolute Gasteiger partial charge is 0.271 e. The van der Waals surface area contributed by atoms with Crippen LogP contribution in [0.1, 0.15) is 42.3 Å². The third kappa shape index (κ3) is 4.42. The molecule has 1 heterocycles. The molecule has 100 valence electrons. The van der Waals surface area contributed by atoms with Crippen molar-refractivity contribution in [2.75, 3.05) is 6.54 Å². The van der Waals surface area contributed by atoms with Crippen LogP contribution in [0.5, 0.6) is 0 Å². The molecule has 1 unspecified atom stereocenters. The Morgan fingerprint density at radius 1 is 1.44 bits per heavy atom. The zero-order chi connectivity index (χ0) is 13.7. The molecule has 0 aliphatic carbocycles. The molecule has 0 aliphatic heterocycles. The van der Waals surface area contributed by atoms with Crippen LogP contribution in [0.3, 0.4) is 0 Å². The van der Waals surface area contributed by atoms with Crippen LogP contribution < -0.4 is 16.4 Å². The van der Waals surface area contributed by atoms with E-state index in [1.54, 1.807) is 12.3 Å². The topological polar surface area (TPSA) is 97.1 Å². The molecule has 2 amide bonds. The number of hydrogen-bond acceptors (Lipinski definition) is 5. The number of nitrogens with zero attached hydrogens (tertiary/aromatic N) is 1. The summed E-state index contributed by atoms with van der Waals surface area (Å²) >= 11 is 1.33. The Morgan fingerprint density at radius 3 is 2.61 bits per heavy atom. The summed E-state index contributed by atoms with van der Waals surface area (Å²) in [5, 5.41) is 7.52. The molecule has 1 rings (SSSR count). The third-order valence-corrected chi connectivity index (χ3v) is 3.05. The Morgan fingerprint density at radius 2 is 2.11 bits per heavy atom. The van der Waals surface area contributed by atoms with E-state index < -0.39 is 0 Å². The van der Waals surface area contributed by atoms with E-state index in [2.05, 4.69) is 15.6 Å². The number of nitrogens with one attached hydrogen (secondary N) is 2. The van der Waals surface area contributed by atoms with Crippen molar-refractivity contribution in [2.24, 2.45) is 5.73 Å². The van der Waals surface area contributed by atoms with Gasteiger partial charge < -0.3 is 16.4 Å². The van der Waals surface area contributed by atoms with Crippen LogP contribution in [0.15, 0.2) is 5.38 Å². The Hall–Kier alpha value is -1.47. The number of carbonyl (C=O) groups excluding carboxylic acids is 2. The summed E-state index contributed by atoms with van der Waals surface area (Å²) in [6.45, 7) is 5.46. The molecule has 1 aromatic rings. The zero-order valence-electron chi connectivity index (χ0n) is 10.7. The van der Waals surface area contributed by atoms with Crippen LogP contribution in [0.2, 0.25) is 0 Å². The van der Waals surface area contributed by atoms with Crippen LogP contribution in [0.4, 0.5) is 0 Å². The number of thiazole rings is 1. The Balaban J connectivity index is 2.47.